The van der Waals surface area contributed by atoms with Gasteiger partial charge in [-0.3, -0.25) is 4.79 Å². The third-order valence-corrected chi connectivity index (χ3v) is 3.56. The fourth-order valence-corrected chi connectivity index (χ4v) is 2.81. The molecule has 5 heteroatoms. The lowest BCUT2D eigenvalue weighted by atomic mass is 10.0. The Balaban J connectivity index is 2.22. The van der Waals surface area contributed by atoms with Crippen molar-refractivity contribution in [2.24, 2.45) is 0 Å². The van der Waals surface area contributed by atoms with Gasteiger partial charge in [0.25, 0.3) is 0 Å². The van der Waals surface area contributed by atoms with Crippen LogP contribution in [-0.4, -0.2) is 25.0 Å². The molecule has 19 heavy (non-hydrogen) atoms. The summed E-state index contributed by atoms with van der Waals surface area (Å²) < 4.78 is 0. The van der Waals surface area contributed by atoms with Gasteiger partial charge in [0.05, 0.1) is 16.3 Å². The van der Waals surface area contributed by atoms with Gasteiger partial charge >= 0.3 is 0 Å². The predicted molar refractivity (Wildman–Crippen MR) is 75.2 cm³/mol. The average molecular weight is 278 g/mol. The number of rotatable bonds is 2. The highest BCUT2D eigenvalue weighted by Crippen LogP contribution is 2.31. The molecular formula is C14H16ClN3O. The van der Waals surface area contributed by atoms with Crippen LogP contribution in [0.3, 0.4) is 0 Å². The van der Waals surface area contributed by atoms with Crippen molar-refractivity contribution in [3.05, 3.63) is 28.8 Å². The van der Waals surface area contributed by atoms with Gasteiger partial charge in [-0.15, -0.1) is 0 Å². The zero-order valence-electron chi connectivity index (χ0n) is 10.8. The first-order valence-corrected chi connectivity index (χ1v) is 6.70. The number of hydrogen-bond acceptors (Lipinski definition) is 3. The van der Waals surface area contributed by atoms with Crippen molar-refractivity contribution in [3.8, 4) is 6.07 Å². The molecule has 1 fully saturated rings. The summed E-state index contributed by atoms with van der Waals surface area (Å²) in [5.41, 5.74) is 1.36. The minimum Gasteiger partial charge on any atom is -0.367 e. The highest BCUT2D eigenvalue weighted by molar-refractivity contribution is 6.33. The van der Waals surface area contributed by atoms with Crippen molar-refractivity contribution >= 4 is 23.2 Å². The van der Waals surface area contributed by atoms with Gasteiger partial charge in [0.15, 0.2) is 0 Å². The van der Waals surface area contributed by atoms with Gasteiger partial charge in [0, 0.05) is 26.1 Å². The predicted octanol–water partition coefficient (Wildman–Crippen LogP) is 2.32. The largest absolute Gasteiger partial charge is 0.367 e. The Morgan fingerprint density at radius 2 is 2.37 bits per heavy atom. The van der Waals surface area contributed by atoms with E-state index < -0.39 is 0 Å². The molecule has 1 aliphatic rings. The third-order valence-electron chi connectivity index (χ3n) is 3.25. The molecule has 0 spiro atoms. The zero-order valence-corrected chi connectivity index (χ0v) is 11.6. The number of carbonyl (C=O) groups excluding carboxylic acids is 1. The number of halogens is 1. The summed E-state index contributed by atoms with van der Waals surface area (Å²) >= 11 is 6.21. The van der Waals surface area contributed by atoms with Crippen molar-refractivity contribution < 1.29 is 4.79 Å². The molecule has 2 rings (SSSR count). The number of nitriles is 1. The number of carbonyl (C=O) groups is 1. The number of hydrogen-bond donors (Lipinski definition) is 1. The summed E-state index contributed by atoms with van der Waals surface area (Å²) in [6, 6.07) is 7.63. The van der Waals surface area contributed by atoms with Gasteiger partial charge in [-0.25, -0.2) is 0 Å². The molecule has 4 nitrogen and oxygen atoms in total. The summed E-state index contributed by atoms with van der Waals surface area (Å²) in [6.45, 7) is 3.07. The zero-order chi connectivity index (χ0) is 13.8. The van der Waals surface area contributed by atoms with Gasteiger partial charge < -0.3 is 10.2 Å². The Morgan fingerprint density at radius 3 is 3.05 bits per heavy atom. The number of piperidine rings is 1. The summed E-state index contributed by atoms with van der Waals surface area (Å²) in [6.07, 6.45) is 1.93. The molecule has 0 aromatic heterocycles. The van der Waals surface area contributed by atoms with Gasteiger partial charge in [-0.05, 0) is 25.0 Å². The van der Waals surface area contributed by atoms with Crippen molar-refractivity contribution in [3.63, 3.8) is 0 Å². The van der Waals surface area contributed by atoms with Gasteiger partial charge in [0.1, 0.15) is 6.07 Å². The number of amides is 1. The molecule has 1 amide bonds. The Kier molecular flexibility index (Phi) is 4.28. The van der Waals surface area contributed by atoms with Crippen LogP contribution in [0.2, 0.25) is 5.02 Å². The van der Waals surface area contributed by atoms with E-state index in [1.807, 2.05) is 0 Å². The van der Waals surface area contributed by atoms with E-state index >= 15 is 0 Å². The Bertz CT molecular complexity index is 524. The van der Waals surface area contributed by atoms with E-state index in [0.717, 1.165) is 25.1 Å². The molecule has 1 atom stereocenters. The lowest BCUT2D eigenvalue weighted by Gasteiger charge is -2.35. The van der Waals surface area contributed by atoms with Crippen LogP contribution in [0.1, 0.15) is 25.3 Å². The Morgan fingerprint density at radius 1 is 1.58 bits per heavy atom. The minimum absolute atomic E-state index is 0.0217. The molecule has 0 aliphatic carbocycles. The number of benzene rings is 1. The molecule has 1 saturated heterocycles. The molecule has 1 aromatic carbocycles. The fourth-order valence-electron chi connectivity index (χ4n) is 2.51. The normalized spacial score (nSPS) is 18.8. The quantitative estimate of drug-likeness (QED) is 0.903. The second-order valence-corrected chi connectivity index (χ2v) is 5.14. The first-order chi connectivity index (χ1) is 9.11. The SMILES string of the molecule is CC(=O)NC1CCCN(c2c(Cl)cccc2C#N)C1. The van der Waals surface area contributed by atoms with Crippen LogP contribution in [0.25, 0.3) is 0 Å². The van der Waals surface area contributed by atoms with Gasteiger partial charge in [0.2, 0.25) is 5.91 Å². The highest BCUT2D eigenvalue weighted by atomic mass is 35.5. The Labute approximate surface area is 118 Å². The summed E-state index contributed by atoms with van der Waals surface area (Å²) in [4.78, 5) is 13.2. The first-order valence-electron chi connectivity index (χ1n) is 6.32. The molecule has 0 bridgehead atoms. The smallest absolute Gasteiger partial charge is 0.217 e. The molecule has 1 heterocycles. The number of nitrogens with one attached hydrogen (secondary N) is 1. The van der Waals surface area contributed by atoms with Crippen LogP contribution in [0.15, 0.2) is 18.2 Å². The molecule has 1 aliphatic heterocycles. The second-order valence-electron chi connectivity index (χ2n) is 4.73. The van der Waals surface area contributed by atoms with E-state index in [1.54, 1.807) is 18.2 Å². The molecule has 1 N–H and O–H groups in total. The van der Waals surface area contributed by atoms with Crippen LogP contribution in [-0.2, 0) is 4.79 Å². The summed E-state index contributed by atoms with van der Waals surface area (Å²) in [5, 5.41) is 12.7. The van der Waals surface area contributed by atoms with E-state index in [-0.39, 0.29) is 11.9 Å². The van der Waals surface area contributed by atoms with Crippen LogP contribution in [0.4, 0.5) is 5.69 Å². The molecule has 1 aromatic rings. The van der Waals surface area contributed by atoms with Crippen LogP contribution in [0.5, 0.6) is 0 Å². The van der Waals surface area contributed by atoms with Gasteiger partial charge in [-0.2, -0.15) is 5.26 Å². The topological polar surface area (TPSA) is 56.1 Å². The molecule has 0 saturated carbocycles. The molecular weight excluding hydrogens is 262 g/mol. The molecule has 1 unspecified atom stereocenters. The Hall–Kier alpha value is -1.73. The lowest BCUT2D eigenvalue weighted by molar-refractivity contribution is -0.119. The standard InChI is InChI=1S/C14H16ClN3O/c1-10(19)17-12-5-3-7-18(9-12)14-11(8-16)4-2-6-13(14)15/h2,4,6,12H,3,5,7,9H2,1H3,(H,17,19). The third kappa shape index (κ3) is 3.18. The van der Waals surface area contributed by atoms with Crippen molar-refractivity contribution in [1.29, 1.82) is 5.26 Å². The van der Waals surface area contributed by atoms with Crippen molar-refractivity contribution in [2.75, 3.05) is 18.0 Å². The number of anilines is 1. The summed E-state index contributed by atoms with van der Waals surface area (Å²) in [5.74, 6) is -0.0217. The minimum atomic E-state index is -0.0217. The van der Waals surface area contributed by atoms with Gasteiger partial charge in [-0.1, -0.05) is 17.7 Å². The van der Waals surface area contributed by atoms with Crippen molar-refractivity contribution in [1.82, 2.24) is 5.32 Å². The maximum atomic E-state index is 11.1. The molecule has 100 valence electrons. The van der Waals surface area contributed by atoms with E-state index in [1.165, 1.54) is 6.92 Å². The maximum absolute atomic E-state index is 11.1. The number of nitrogens with zero attached hydrogens (tertiary/aromatic N) is 2. The maximum Gasteiger partial charge on any atom is 0.217 e. The highest BCUT2D eigenvalue weighted by Gasteiger charge is 2.23. The lowest BCUT2D eigenvalue weighted by Crippen LogP contribution is -2.47. The fraction of sp³-hybridized carbons (Fsp3) is 0.429. The van der Waals surface area contributed by atoms with E-state index in [2.05, 4.69) is 16.3 Å². The number of para-hydroxylation sites is 1. The first kappa shape index (κ1) is 13.7. The van der Waals surface area contributed by atoms with Crippen LogP contribution in [0, 0.1) is 11.3 Å². The summed E-state index contributed by atoms with van der Waals surface area (Å²) in [7, 11) is 0. The van der Waals surface area contributed by atoms with E-state index in [9.17, 15) is 10.1 Å². The van der Waals surface area contributed by atoms with E-state index in [0.29, 0.717) is 17.1 Å². The van der Waals surface area contributed by atoms with Crippen LogP contribution < -0.4 is 10.2 Å². The molecule has 0 radical (unpaired) electrons. The van der Waals surface area contributed by atoms with E-state index in [4.69, 9.17) is 11.6 Å². The van der Waals surface area contributed by atoms with Crippen LogP contribution >= 0.6 is 11.6 Å². The average Bonchev–Trinajstić information content (AvgIpc) is 2.37. The van der Waals surface area contributed by atoms with Crippen molar-refractivity contribution in [2.45, 2.75) is 25.8 Å². The second kappa shape index (κ2) is 5.94. The monoisotopic (exact) mass is 277 g/mol.